The lowest BCUT2D eigenvalue weighted by molar-refractivity contribution is 0.198. The van der Waals surface area contributed by atoms with Crippen LogP contribution in [-0.2, 0) is 0 Å². The first-order chi connectivity index (χ1) is 9.63. The highest BCUT2D eigenvalue weighted by Crippen LogP contribution is 2.31. The minimum absolute atomic E-state index is 0.281. The number of piperazine rings is 1. The Bertz CT molecular complexity index is 466. The van der Waals surface area contributed by atoms with Gasteiger partial charge in [-0.15, -0.1) is 0 Å². The molecular weight excluding hydrogens is 255 g/mol. The van der Waals surface area contributed by atoms with Gasteiger partial charge in [0.15, 0.2) is 0 Å². The molecule has 0 amide bonds. The van der Waals surface area contributed by atoms with Gasteiger partial charge < -0.3 is 10.0 Å². The van der Waals surface area contributed by atoms with Crippen molar-refractivity contribution in [2.75, 3.05) is 37.6 Å². The van der Waals surface area contributed by atoms with Gasteiger partial charge in [0, 0.05) is 44.0 Å². The van der Waals surface area contributed by atoms with Crippen LogP contribution in [0.2, 0.25) is 0 Å². The third kappa shape index (κ3) is 3.13. The molecule has 110 valence electrons. The van der Waals surface area contributed by atoms with E-state index in [0.717, 1.165) is 37.8 Å². The van der Waals surface area contributed by atoms with E-state index in [1.807, 2.05) is 0 Å². The molecule has 1 aromatic rings. The van der Waals surface area contributed by atoms with Gasteiger partial charge in [0.25, 0.3) is 0 Å². The predicted molar refractivity (Wildman–Crippen MR) is 78.4 cm³/mol. The number of benzene rings is 1. The molecule has 0 spiro atoms. The van der Waals surface area contributed by atoms with Crippen molar-refractivity contribution >= 4 is 5.69 Å². The Labute approximate surface area is 120 Å². The minimum Gasteiger partial charge on any atom is -0.389 e. The standard InChI is InChI=1S/C16H23FN2O/c1-12(20)15-10-14(17)4-5-16(15)19-8-6-18(7-9-19)11-13-2-3-13/h4-5,10,12-13,20H,2-3,6-9,11H2,1H3/t12-/m0/s1. The second-order valence-corrected chi connectivity index (χ2v) is 6.11. The van der Waals surface area contributed by atoms with Crippen LogP contribution in [0.4, 0.5) is 10.1 Å². The van der Waals surface area contributed by atoms with E-state index in [1.54, 1.807) is 13.0 Å². The lowest BCUT2D eigenvalue weighted by Gasteiger charge is -2.37. The molecule has 1 saturated carbocycles. The molecule has 20 heavy (non-hydrogen) atoms. The van der Waals surface area contributed by atoms with Crippen molar-refractivity contribution < 1.29 is 9.50 Å². The Morgan fingerprint density at radius 1 is 1.25 bits per heavy atom. The number of halogens is 1. The minimum atomic E-state index is -0.634. The van der Waals surface area contributed by atoms with Crippen molar-refractivity contribution in [2.45, 2.75) is 25.9 Å². The fourth-order valence-electron chi connectivity index (χ4n) is 2.98. The van der Waals surface area contributed by atoms with Gasteiger partial charge in [-0.1, -0.05) is 0 Å². The zero-order valence-corrected chi connectivity index (χ0v) is 12.1. The number of anilines is 1. The maximum Gasteiger partial charge on any atom is 0.123 e. The fourth-order valence-corrected chi connectivity index (χ4v) is 2.98. The van der Waals surface area contributed by atoms with E-state index >= 15 is 0 Å². The highest BCUT2D eigenvalue weighted by Gasteiger charge is 2.27. The van der Waals surface area contributed by atoms with Crippen LogP contribution >= 0.6 is 0 Å². The average molecular weight is 278 g/mol. The van der Waals surface area contributed by atoms with E-state index in [-0.39, 0.29) is 5.82 Å². The van der Waals surface area contributed by atoms with Crippen molar-refractivity contribution in [1.82, 2.24) is 4.90 Å². The second-order valence-electron chi connectivity index (χ2n) is 6.11. The van der Waals surface area contributed by atoms with Crippen LogP contribution in [0.25, 0.3) is 0 Å². The zero-order valence-electron chi connectivity index (χ0n) is 12.1. The molecule has 0 aromatic heterocycles. The number of nitrogens with zero attached hydrogens (tertiary/aromatic N) is 2. The summed E-state index contributed by atoms with van der Waals surface area (Å²) in [7, 11) is 0. The maximum atomic E-state index is 13.3. The Kier molecular flexibility index (Phi) is 3.94. The highest BCUT2D eigenvalue weighted by molar-refractivity contribution is 5.55. The first-order valence-electron chi connectivity index (χ1n) is 7.58. The number of aliphatic hydroxyl groups excluding tert-OH is 1. The molecule has 0 unspecified atom stereocenters. The number of aliphatic hydroxyl groups is 1. The van der Waals surface area contributed by atoms with E-state index < -0.39 is 6.10 Å². The molecule has 1 heterocycles. The number of hydrogen-bond donors (Lipinski definition) is 1. The van der Waals surface area contributed by atoms with Gasteiger partial charge >= 0.3 is 0 Å². The summed E-state index contributed by atoms with van der Waals surface area (Å²) >= 11 is 0. The van der Waals surface area contributed by atoms with Crippen LogP contribution in [-0.4, -0.2) is 42.7 Å². The third-order valence-electron chi connectivity index (χ3n) is 4.37. The molecule has 1 atom stereocenters. The van der Waals surface area contributed by atoms with Gasteiger partial charge in [-0.2, -0.15) is 0 Å². The molecule has 0 bridgehead atoms. The van der Waals surface area contributed by atoms with Gasteiger partial charge in [-0.05, 0) is 43.9 Å². The van der Waals surface area contributed by atoms with E-state index in [2.05, 4.69) is 9.80 Å². The van der Waals surface area contributed by atoms with Crippen molar-refractivity contribution in [3.05, 3.63) is 29.6 Å². The normalized spacial score (nSPS) is 22.1. The van der Waals surface area contributed by atoms with Crippen LogP contribution in [0.3, 0.4) is 0 Å². The molecule has 1 aliphatic heterocycles. The largest absolute Gasteiger partial charge is 0.389 e. The third-order valence-corrected chi connectivity index (χ3v) is 4.37. The maximum absolute atomic E-state index is 13.3. The second kappa shape index (κ2) is 5.70. The monoisotopic (exact) mass is 278 g/mol. The summed E-state index contributed by atoms with van der Waals surface area (Å²) < 4.78 is 13.3. The molecule has 1 aliphatic carbocycles. The SMILES string of the molecule is C[C@H](O)c1cc(F)ccc1N1CCN(CC2CC2)CC1. The summed E-state index contributed by atoms with van der Waals surface area (Å²) in [6.45, 7) is 6.97. The van der Waals surface area contributed by atoms with Gasteiger partial charge in [-0.25, -0.2) is 4.39 Å². The summed E-state index contributed by atoms with van der Waals surface area (Å²) in [5.41, 5.74) is 1.67. The van der Waals surface area contributed by atoms with E-state index in [4.69, 9.17) is 0 Å². The van der Waals surface area contributed by atoms with Crippen LogP contribution in [0.5, 0.6) is 0 Å². The Hall–Kier alpha value is -1.13. The smallest absolute Gasteiger partial charge is 0.123 e. The van der Waals surface area contributed by atoms with Crippen molar-refractivity contribution in [2.24, 2.45) is 5.92 Å². The lowest BCUT2D eigenvalue weighted by atomic mass is 10.1. The summed E-state index contributed by atoms with van der Waals surface area (Å²) in [4.78, 5) is 4.80. The Morgan fingerprint density at radius 2 is 1.95 bits per heavy atom. The molecular formula is C16H23FN2O. The van der Waals surface area contributed by atoms with Crippen LogP contribution in [0.15, 0.2) is 18.2 Å². The first kappa shape index (κ1) is 13.8. The molecule has 2 fully saturated rings. The summed E-state index contributed by atoms with van der Waals surface area (Å²) in [5.74, 6) is 0.650. The quantitative estimate of drug-likeness (QED) is 0.916. The predicted octanol–water partition coefficient (Wildman–Crippen LogP) is 2.41. The summed E-state index contributed by atoms with van der Waals surface area (Å²) in [6.07, 6.45) is 2.15. The van der Waals surface area contributed by atoms with E-state index in [9.17, 15) is 9.50 Å². The lowest BCUT2D eigenvalue weighted by Crippen LogP contribution is -2.47. The van der Waals surface area contributed by atoms with Crippen LogP contribution in [0.1, 0.15) is 31.4 Å². The molecule has 1 N–H and O–H groups in total. The molecule has 0 radical (unpaired) electrons. The van der Waals surface area contributed by atoms with Crippen molar-refractivity contribution in [3.8, 4) is 0 Å². The van der Waals surface area contributed by atoms with Gasteiger partial charge in [-0.3, -0.25) is 4.90 Å². The fraction of sp³-hybridized carbons (Fsp3) is 0.625. The number of hydrogen-bond acceptors (Lipinski definition) is 3. The topological polar surface area (TPSA) is 26.7 Å². The van der Waals surface area contributed by atoms with Crippen molar-refractivity contribution in [3.63, 3.8) is 0 Å². The van der Waals surface area contributed by atoms with Crippen molar-refractivity contribution in [1.29, 1.82) is 0 Å². The molecule has 4 heteroatoms. The molecule has 1 aromatic carbocycles. The van der Waals surface area contributed by atoms with Crippen LogP contribution < -0.4 is 4.90 Å². The Balaban J connectivity index is 1.67. The molecule has 2 aliphatic rings. The summed E-state index contributed by atoms with van der Waals surface area (Å²) in [6, 6.07) is 4.74. The van der Waals surface area contributed by atoms with E-state index in [1.165, 1.54) is 31.5 Å². The van der Waals surface area contributed by atoms with Crippen LogP contribution in [0, 0.1) is 11.7 Å². The van der Waals surface area contributed by atoms with Gasteiger partial charge in [0.2, 0.25) is 0 Å². The van der Waals surface area contributed by atoms with E-state index in [0.29, 0.717) is 5.56 Å². The average Bonchev–Trinajstić information content (AvgIpc) is 3.24. The zero-order chi connectivity index (χ0) is 14.1. The molecule has 3 rings (SSSR count). The first-order valence-corrected chi connectivity index (χ1v) is 7.58. The Morgan fingerprint density at radius 3 is 2.55 bits per heavy atom. The van der Waals surface area contributed by atoms with Gasteiger partial charge in [0.1, 0.15) is 5.82 Å². The molecule has 3 nitrogen and oxygen atoms in total. The molecule has 1 saturated heterocycles. The van der Waals surface area contributed by atoms with Gasteiger partial charge in [0.05, 0.1) is 6.10 Å². The highest BCUT2D eigenvalue weighted by atomic mass is 19.1. The number of rotatable bonds is 4. The summed E-state index contributed by atoms with van der Waals surface area (Å²) in [5, 5.41) is 9.84.